The number of thiophene rings is 1. The first kappa shape index (κ1) is 15.3. The number of hydrogen-bond acceptors (Lipinski definition) is 2. The van der Waals surface area contributed by atoms with Gasteiger partial charge in [-0.3, -0.25) is 0 Å². The van der Waals surface area contributed by atoms with Gasteiger partial charge in [0.25, 0.3) is 0 Å². The number of benzene rings is 1. The summed E-state index contributed by atoms with van der Waals surface area (Å²) in [5.74, 6) is 0.774. The first-order chi connectivity index (χ1) is 10.3. The van der Waals surface area contributed by atoms with E-state index in [4.69, 9.17) is 0 Å². The van der Waals surface area contributed by atoms with E-state index in [1.807, 2.05) is 11.3 Å². The molecule has 1 unspecified atom stereocenters. The summed E-state index contributed by atoms with van der Waals surface area (Å²) in [5, 5.41) is 3.75. The molecule has 1 atom stereocenters. The molecule has 1 heterocycles. The van der Waals surface area contributed by atoms with Crippen LogP contribution in [-0.4, -0.2) is 6.54 Å². The van der Waals surface area contributed by atoms with Crippen LogP contribution in [0.4, 0.5) is 0 Å². The highest BCUT2D eigenvalue weighted by molar-refractivity contribution is 9.11. The molecule has 1 aliphatic carbocycles. The molecule has 1 aromatic carbocycles. The lowest BCUT2D eigenvalue weighted by atomic mass is 9.77. The van der Waals surface area contributed by atoms with Gasteiger partial charge in [-0.15, -0.1) is 11.3 Å². The topological polar surface area (TPSA) is 12.0 Å². The van der Waals surface area contributed by atoms with E-state index < -0.39 is 0 Å². The van der Waals surface area contributed by atoms with Crippen LogP contribution in [0.25, 0.3) is 0 Å². The van der Waals surface area contributed by atoms with Crippen LogP contribution in [0.3, 0.4) is 0 Å². The van der Waals surface area contributed by atoms with Crippen molar-refractivity contribution in [2.24, 2.45) is 0 Å². The smallest absolute Gasteiger partial charge is 0.0702 e. The molecule has 3 rings (SSSR count). The zero-order chi connectivity index (χ0) is 14.7. The molecule has 1 fully saturated rings. The highest BCUT2D eigenvalue weighted by Crippen LogP contribution is 2.41. The van der Waals surface area contributed by atoms with Crippen LogP contribution in [0.5, 0.6) is 0 Å². The van der Waals surface area contributed by atoms with E-state index in [-0.39, 0.29) is 0 Å². The lowest BCUT2D eigenvalue weighted by molar-refractivity contribution is 0.414. The minimum absolute atomic E-state index is 0.332. The summed E-state index contributed by atoms with van der Waals surface area (Å²) in [6.07, 6.45) is 5.25. The number of halogens is 1. The number of nitrogens with one attached hydrogen (secondary N) is 1. The summed E-state index contributed by atoms with van der Waals surface area (Å²) in [6, 6.07) is 13.8. The second-order valence-corrected chi connectivity index (χ2v) is 8.28. The van der Waals surface area contributed by atoms with E-state index in [1.165, 1.54) is 33.5 Å². The molecular formula is C18H22BrNS. The van der Waals surface area contributed by atoms with Crippen molar-refractivity contribution in [2.45, 2.75) is 44.6 Å². The standard InChI is InChI=1S/C18H22BrNS/c1-2-12-20-18(16-10-11-17(19)21-16)15-9-4-3-8-14(15)13-6-5-7-13/h3-4,8-11,13,18,20H,2,5-7,12H2,1H3. The van der Waals surface area contributed by atoms with Crippen molar-refractivity contribution in [1.29, 1.82) is 0 Å². The van der Waals surface area contributed by atoms with Crippen LogP contribution in [-0.2, 0) is 0 Å². The molecule has 1 aromatic heterocycles. The van der Waals surface area contributed by atoms with Gasteiger partial charge in [-0.1, -0.05) is 37.6 Å². The molecule has 0 bridgehead atoms. The molecule has 0 spiro atoms. The Labute approximate surface area is 139 Å². The maximum atomic E-state index is 3.75. The molecular weight excluding hydrogens is 342 g/mol. The van der Waals surface area contributed by atoms with E-state index >= 15 is 0 Å². The van der Waals surface area contributed by atoms with Crippen molar-refractivity contribution in [2.75, 3.05) is 6.54 Å². The fourth-order valence-corrected chi connectivity index (χ4v) is 4.52. The summed E-state index contributed by atoms with van der Waals surface area (Å²) in [5.41, 5.74) is 3.03. The first-order valence-corrected chi connectivity index (χ1v) is 9.48. The molecule has 21 heavy (non-hydrogen) atoms. The molecule has 1 saturated carbocycles. The van der Waals surface area contributed by atoms with Crippen LogP contribution < -0.4 is 5.32 Å². The predicted octanol–water partition coefficient (Wildman–Crippen LogP) is 5.87. The van der Waals surface area contributed by atoms with Crippen molar-refractivity contribution in [3.05, 3.63) is 56.2 Å². The average Bonchev–Trinajstić information content (AvgIpc) is 2.85. The number of hydrogen-bond donors (Lipinski definition) is 1. The zero-order valence-electron chi connectivity index (χ0n) is 12.4. The largest absolute Gasteiger partial charge is 0.306 e. The second-order valence-electron chi connectivity index (χ2n) is 5.79. The van der Waals surface area contributed by atoms with Crippen LogP contribution in [0.15, 0.2) is 40.2 Å². The molecule has 1 N–H and O–H groups in total. The Morgan fingerprint density at radius 3 is 2.67 bits per heavy atom. The van der Waals surface area contributed by atoms with Gasteiger partial charge in [-0.25, -0.2) is 0 Å². The van der Waals surface area contributed by atoms with Crippen molar-refractivity contribution in [1.82, 2.24) is 5.32 Å². The average molecular weight is 364 g/mol. The van der Waals surface area contributed by atoms with Crippen molar-refractivity contribution in [3.63, 3.8) is 0 Å². The van der Waals surface area contributed by atoms with Crippen LogP contribution in [0.1, 0.15) is 60.6 Å². The van der Waals surface area contributed by atoms with Crippen molar-refractivity contribution < 1.29 is 0 Å². The SMILES string of the molecule is CCCNC(c1ccc(Br)s1)c1ccccc1C1CCC1. The molecule has 0 aliphatic heterocycles. The molecule has 1 aliphatic rings. The first-order valence-electron chi connectivity index (χ1n) is 7.87. The highest BCUT2D eigenvalue weighted by Gasteiger charge is 2.26. The highest BCUT2D eigenvalue weighted by atomic mass is 79.9. The van der Waals surface area contributed by atoms with Gasteiger partial charge < -0.3 is 5.32 Å². The summed E-state index contributed by atoms with van der Waals surface area (Å²) >= 11 is 5.45. The van der Waals surface area contributed by atoms with Gasteiger partial charge in [0.2, 0.25) is 0 Å². The summed E-state index contributed by atoms with van der Waals surface area (Å²) < 4.78 is 1.21. The lowest BCUT2D eigenvalue weighted by Crippen LogP contribution is -2.25. The fourth-order valence-electron chi connectivity index (χ4n) is 3.00. The fraction of sp³-hybridized carbons (Fsp3) is 0.444. The molecule has 0 amide bonds. The van der Waals surface area contributed by atoms with E-state index in [1.54, 1.807) is 5.56 Å². The molecule has 2 aromatic rings. The summed E-state index contributed by atoms with van der Waals surface area (Å²) in [6.45, 7) is 3.28. The van der Waals surface area contributed by atoms with E-state index in [0.29, 0.717) is 6.04 Å². The normalized spacial score (nSPS) is 16.7. The third-order valence-electron chi connectivity index (χ3n) is 4.33. The van der Waals surface area contributed by atoms with Gasteiger partial charge in [0.15, 0.2) is 0 Å². The third-order valence-corrected chi connectivity index (χ3v) is 6.02. The summed E-state index contributed by atoms with van der Waals surface area (Å²) in [7, 11) is 0. The molecule has 0 radical (unpaired) electrons. The molecule has 3 heteroatoms. The molecule has 112 valence electrons. The monoisotopic (exact) mass is 363 g/mol. The lowest BCUT2D eigenvalue weighted by Gasteiger charge is -2.30. The Morgan fingerprint density at radius 2 is 2.05 bits per heavy atom. The third kappa shape index (κ3) is 3.41. The maximum absolute atomic E-state index is 3.75. The van der Waals surface area contributed by atoms with Crippen molar-refractivity contribution >= 4 is 27.3 Å². The Balaban J connectivity index is 1.95. The van der Waals surface area contributed by atoms with E-state index in [2.05, 4.69) is 64.6 Å². The second kappa shape index (κ2) is 7.08. The quantitative estimate of drug-likeness (QED) is 0.676. The zero-order valence-corrected chi connectivity index (χ0v) is 14.8. The van der Waals surface area contributed by atoms with E-state index in [0.717, 1.165) is 18.9 Å². The summed E-state index contributed by atoms with van der Waals surface area (Å²) in [4.78, 5) is 1.40. The van der Waals surface area contributed by atoms with E-state index in [9.17, 15) is 0 Å². The van der Waals surface area contributed by atoms with Gasteiger partial charge >= 0.3 is 0 Å². The maximum Gasteiger partial charge on any atom is 0.0702 e. The molecule has 0 saturated heterocycles. The van der Waals surface area contributed by atoms with Crippen LogP contribution in [0, 0.1) is 0 Å². The van der Waals surface area contributed by atoms with Gasteiger partial charge in [0, 0.05) is 4.88 Å². The van der Waals surface area contributed by atoms with Gasteiger partial charge in [0.1, 0.15) is 0 Å². The Kier molecular flexibility index (Phi) is 5.15. The van der Waals surface area contributed by atoms with Gasteiger partial charge in [-0.05, 0) is 70.9 Å². The Bertz CT molecular complexity index is 588. The van der Waals surface area contributed by atoms with Gasteiger partial charge in [-0.2, -0.15) is 0 Å². The minimum Gasteiger partial charge on any atom is -0.306 e. The minimum atomic E-state index is 0.332. The van der Waals surface area contributed by atoms with Crippen molar-refractivity contribution in [3.8, 4) is 0 Å². The Hall–Kier alpha value is -0.640. The Morgan fingerprint density at radius 1 is 1.24 bits per heavy atom. The molecule has 1 nitrogen and oxygen atoms in total. The number of rotatable bonds is 6. The van der Waals surface area contributed by atoms with Crippen LogP contribution >= 0.6 is 27.3 Å². The van der Waals surface area contributed by atoms with Crippen LogP contribution in [0.2, 0.25) is 0 Å². The van der Waals surface area contributed by atoms with Gasteiger partial charge in [0.05, 0.1) is 9.83 Å². The predicted molar refractivity (Wildman–Crippen MR) is 95.2 cm³/mol.